The van der Waals surface area contributed by atoms with E-state index in [4.69, 9.17) is 5.73 Å². The van der Waals surface area contributed by atoms with Gasteiger partial charge in [0.15, 0.2) is 0 Å². The predicted octanol–water partition coefficient (Wildman–Crippen LogP) is 1.01. The molecular formula is C14H22N6. The molecule has 0 saturated heterocycles. The average molecular weight is 274 g/mol. The standard InChI is InChI=1S/C14H22N6/c1-2-4-20-10-12(9-17-20)13(8-15)19-7-6-18-5-3-16-14(18)11-19/h3,5,9-10,13H,2,4,6-8,11,15H2,1H3. The third-order valence-corrected chi connectivity index (χ3v) is 3.93. The lowest BCUT2D eigenvalue weighted by Crippen LogP contribution is -2.39. The smallest absolute Gasteiger partial charge is 0.122 e. The largest absolute Gasteiger partial charge is 0.333 e. The molecule has 0 radical (unpaired) electrons. The van der Waals surface area contributed by atoms with Gasteiger partial charge in [0.25, 0.3) is 0 Å². The van der Waals surface area contributed by atoms with Gasteiger partial charge in [0.1, 0.15) is 5.82 Å². The molecule has 1 atom stereocenters. The Balaban J connectivity index is 1.76. The van der Waals surface area contributed by atoms with Gasteiger partial charge in [-0.25, -0.2) is 4.98 Å². The normalized spacial score (nSPS) is 17.1. The zero-order chi connectivity index (χ0) is 13.9. The minimum atomic E-state index is 0.228. The molecule has 0 fully saturated rings. The van der Waals surface area contributed by atoms with Gasteiger partial charge in [-0.15, -0.1) is 0 Å². The maximum atomic E-state index is 6.01. The quantitative estimate of drug-likeness (QED) is 0.883. The molecule has 0 spiro atoms. The second kappa shape index (κ2) is 5.76. The molecule has 2 N–H and O–H groups in total. The fourth-order valence-electron chi connectivity index (χ4n) is 2.86. The lowest BCUT2D eigenvalue weighted by Gasteiger charge is -2.33. The first-order valence-corrected chi connectivity index (χ1v) is 7.28. The molecule has 108 valence electrons. The van der Waals surface area contributed by atoms with E-state index in [0.717, 1.165) is 38.4 Å². The molecule has 1 unspecified atom stereocenters. The summed E-state index contributed by atoms with van der Waals surface area (Å²) in [7, 11) is 0. The minimum absolute atomic E-state index is 0.228. The van der Waals surface area contributed by atoms with Crippen molar-refractivity contribution in [3.05, 3.63) is 36.2 Å². The number of hydrogen-bond donors (Lipinski definition) is 1. The van der Waals surface area contributed by atoms with Gasteiger partial charge in [-0.2, -0.15) is 5.10 Å². The topological polar surface area (TPSA) is 64.9 Å². The molecule has 2 aromatic heterocycles. The summed E-state index contributed by atoms with van der Waals surface area (Å²) in [5.41, 5.74) is 7.22. The molecule has 3 rings (SSSR count). The number of aromatic nitrogens is 4. The summed E-state index contributed by atoms with van der Waals surface area (Å²) in [4.78, 5) is 6.81. The van der Waals surface area contributed by atoms with Gasteiger partial charge in [0, 0.05) is 50.3 Å². The Morgan fingerprint density at radius 1 is 1.40 bits per heavy atom. The molecule has 0 aliphatic carbocycles. The van der Waals surface area contributed by atoms with E-state index >= 15 is 0 Å². The van der Waals surface area contributed by atoms with Crippen molar-refractivity contribution in [1.82, 2.24) is 24.2 Å². The van der Waals surface area contributed by atoms with Crippen LogP contribution >= 0.6 is 0 Å². The number of aryl methyl sites for hydroxylation is 1. The Morgan fingerprint density at radius 2 is 2.30 bits per heavy atom. The molecule has 6 nitrogen and oxygen atoms in total. The van der Waals surface area contributed by atoms with Crippen molar-refractivity contribution >= 4 is 0 Å². The van der Waals surface area contributed by atoms with Crippen LogP contribution < -0.4 is 5.73 Å². The number of nitrogens with two attached hydrogens (primary N) is 1. The predicted molar refractivity (Wildman–Crippen MR) is 77.0 cm³/mol. The first kappa shape index (κ1) is 13.3. The molecule has 6 heteroatoms. The monoisotopic (exact) mass is 274 g/mol. The summed E-state index contributed by atoms with van der Waals surface area (Å²) in [5, 5.41) is 4.42. The van der Waals surface area contributed by atoms with Crippen molar-refractivity contribution in [2.45, 2.75) is 39.0 Å². The van der Waals surface area contributed by atoms with Crippen molar-refractivity contribution in [1.29, 1.82) is 0 Å². The highest BCUT2D eigenvalue weighted by Gasteiger charge is 2.25. The fraction of sp³-hybridized carbons (Fsp3) is 0.571. The highest BCUT2D eigenvalue weighted by atomic mass is 15.3. The van der Waals surface area contributed by atoms with Crippen LogP contribution in [-0.4, -0.2) is 37.3 Å². The van der Waals surface area contributed by atoms with E-state index in [0.29, 0.717) is 6.54 Å². The van der Waals surface area contributed by atoms with Crippen molar-refractivity contribution in [3.63, 3.8) is 0 Å². The Hall–Kier alpha value is -1.66. The van der Waals surface area contributed by atoms with Crippen LogP contribution in [0.2, 0.25) is 0 Å². The van der Waals surface area contributed by atoms with E-state index in [1.807, 2.05) is 23.3 Å². The summed E-state index contributed by atoms with van der Waals surface area (Å²) in [5.74, 6) is 1.12. The first-order valence-electron chi connectivity index (χ1n) is 7.28. The lowest BCUT2D eigenvalue weighted by molar-refractivity contribution is 0.156. The maximum Gasteiger partial charge on any atom is 0.122 e. The second-order valence-corrected chi connectivity index (χ2v) is 5.30. The minimum Gasteiger partial charge on any atom is -0.333 e. The summed E-state index contributed by atoms with van der Waals surface area (Å²) in [6.45, 7) is 6.57. The lowest BCUT2D eigenvalue weighted by atomic mass is 10.1. The van der Waals surface area contributed by atoms with Crippen LogP contribution in [0.15, 0.2) is 24.8 Å². The second-order valence-electron chi connectivity index (χ2n) is 5.30. The van der Waals surface area contributed by atoms with E-state index < -0.39 is 0 Å². The third kappa shape index (κ3) is 2.48. The van der Waals surface area contributed by atoms with Crippen LogP contribution in [0.25, 0.3) is 0 Å². The molecular weight excluding hydrogens is 252 g/mol. The number of rotatable bonds is 5. The summed E-state index contributed by atoms with van der Waals surface area (Å²) in [6, 6.07) is 0.228. The zero-order valence-corrected chi connectivity index (χ0v) is 11.9. The summed E-state index contributed by atoms with van der Waals surface area (Å²) < 4.78 is 4.22. The number of hydrogen-bond acceptors (Lipinski definition) is 4. The van der Waals surface area contributed by atoms with Crippen molar-refractivity contribution in [3.8, 4) is 0 Å². The van der Waals surface area contributed by atoms with Crippen LogP contribution in [0.3, 0.4) is 0 Å². The highest BCUT2D eigenvalue weighted by Crippen LogP contribution is 2.23. The fourth-order valence-corrected chi connectivity index (χ4v) is 2.86. The van der Waals surface area contributed by atoms with E-state index in [1.165, 1.54) is 5.56 Å². The Kier molecular flexibility index (Phi) is 3.84. The number of imidazole rings is 1. The van der Waals surface area contributed by atoms with Gasteiger partial charge < -0.3 is 10.3 Å². The SMILES string of the molecule is CCCn1cc(C(CN)N2CCn3ccnc3C2)cn1. The third-order valence-electron chi connectivity index (χ3n) is 3.93. The van der Waals surface area contributed by atoms with Crippen LogP contribution in [0.1, 0.15) is 30.8 Å². The molecule has 20 heavy (non-hydrogen) atoms. The van der Waals surface area contributed by atoms with Gasteiger partial charge in [-0.05, 0) is 6.42 Å². The molecule has 0 bridgehead atoms. The van der Waals surface area contributed by atoms with Gasteiger partial charge in [0.05, 0.1) is 18.8 Å². The van der Waals surface area contributed by atoms with Crippen LogP contribution in [0, 0.1) is 0 Å². The Bertz CT molecular complexity index is 558. The van der Waals surface area contributed by atoms with Gasteiger partial charge >= 0.3 is 0 Å². The first-order chi connectivity index (χ1) is 9.81. The molecule has 2 aromatic rings. The van der Waals surface area contributed by atoms with Crippen molar-refractivity contribution in [2.75, 3.05) is 13.1 Å². The average Bonchev–Trinajstić information content (AvgIpc) is 3.09. The van der Waals surface area contributed by atoms with E-state index in [-0.39, 0.29) is 6.04 Å². The summed E-state index contributed by atoms with van der Waals surface area (Å²) >= 11 is 0. The molecule has 3 heterocycles. The van der Waals surface area contributed by atoms with Crippen LogP contribution in [0.4, 0.5) is 0 Å². The maximum absolute atomic E-state index is 6.01. The van der Waals surface area contributed by atoms with E-state index in [2.05, 4.69) is 32.7 Å². The van der Waals surface area contributed by atoms with Crippen molar-refractivity contribution < 1.29 is 0 Å². The van der Waals surface area contributed by atoms with Crippen LogP contribution in [-0.2, 0) is 19.6 Å². The molecule has 1 aliphatic rings. The van der Waals surface area contributed by atoms with Gasteiger partial charge in [-0.1, -0.05) is 6.92 Å². The van der Waals surface area contributed by atoms with Crippen molar-refractivity contribution in [2.24, 2.45) is 5.73 Å². The molecule has 0 aromatic carbocycles. The highest BCUT2D eigenvalue weighted by molar-refractivity contribution is 5.12. The van der Waals surface area contributed by atoms with Crippen LogP contribution in [0.5, 0.6) is 0 Å². The van der Waals surface area contributed by atoms with Gasteiger partial charge in [-0.3, -0.25) is 9.58 Å². The van der Waals surface area contributed by atoms with E-state index in [1.54, 1.807) is 0 Å². The van der Waals surface area contributed by atoms with Gasteiger partial charge in [0.2, 0.25) is 0 Å². The molecule has 0 saturated carbocycles. The number of nitrogens with zero attached hydrogens (tertiary/aromatic N) is 5. The molecule has 1 aliphatic heterocycles. The zero-order valence-electron chi connectivity index (χ0n) is 11.9. The Labute approximate surface area is 119 Å². The number of fused-ring (bicyclic) bond motifs is 1. The Morgan fingerprint density at radius 3 is 3.10 bits per heavy atom. The molecule has 0 amide bonds. The van der Waals surface area contributed by atoms with E-state index in [9.17, 15) is 0 Å². The summed E-state index contributed by atoms with van der Waals surface area (Å²) in [6.07, 6.45) is 9.09.